The third kappa shape index (κ3) is 4.66. The molecule has 2 aromatic rings. The van der Waals surface area contributed by atoms with Crippen LogP contribution in [0.3, 0.4) is 0 Å². The number of ether oxygens (including phenoxy) is 1. The smallest absolute Gasteiger partial charge is 0.127 e. The Morgan fingerprint density at radius 1 is 1.09 bits per heavy atom. The molecule has 22 heavy (non-hydrogen) atoms. The minimum absolute atomic E-state index is 0.261. The van der Waals surface area contributed by atoms with Crippen LogP contribution in [0.1, 0.15) is 33.6 Å². The van der Waals surface area contributed by atoms with E-state index in [4.69, 9.17) is 4.74 Å². The molecule has 0 aliphatic rings. The van der Waals surface area contributed by atoms with Crippen molar-refractivity contribution in [3.63, 3.8) is 0 Å². The van der Waals surface area contributed by atoms with Crippen LogP contribution in [0.15, 0.2) is 59.7 Å². The first kappa shape index (κ1) is 16.2. The monoisotopic (exact) mass is 296 g/mol. The average Bonchev–Trinajstić information content (AvgIpc) is 2.47. The Hall–Kier alpha value is -2.22. The lowest BCUT2D eigenvalue weighted by Crippen LogP contribution is -1.95. The molecular weight excluding hydrogens is 272 g/mol. The van der Waals surface area contributed by atoms with Gasteiger partial charge in [0.2, 0.25) is 0 Å². The molecule has 0 amide bonds. The zero-order valence-electron chi connectivity index (χ0n) is 13.6. The van der Waals surface area contributed by atoms with Crippen LogP contribution in [0, 0.1) is 0 Å². The molecule has 0 atom stereocenters. The van der Waals surface area contributed by atoms with Gasteiger partial charge in [0, 0.05) is 11.5 Å². The van der Waals surface area contributed by atoms with Crippen LogP contribution in [0.25, 0.3) is 10.8 Å². The van der Waals surface area contributed by atoms with E-state index in [0.717, 1.165) is 23.6 Å². The minimum Gasteiger partial charge on any atom is -0.507 e. The minimum atomic E-state index is 0.261. The molecule has 0 radical (unpaired) electrons. The van der Waals surface area contributed by atoms with Crippen LogP contribution < -0.4 is 4.74 Å². The van der Waals surface area contributed by atoms with Crippen molar-refractivity contribution in [3.05, 3.63) is 59.7 Å². The molecule has 2 nitrogen and oxygen atoms in total. The van der Waals surface area contributed by atoms with Crippen molar-refractivity contribution in [1.29, 1.82) is 0 Å². The predicted molar refractivity (Wildman–Crippen MR) is 93.5 cm³/mol. The fourth-order valence-electron chi connectivity index (χ4n) is 2.32. The zero-order chi connectivity index (χ0) is 15.9. The molecule has 1 N–H and O–H groups in total. The molecule has 2 heteroatoms. The van der Waals surface area contributed by atoms with E-state index >= 15 is 0 Å². The number of benzene rings is 2. The van der Waals surface area contributed by atoms with Gasteiger partial charge in [-0.3, -0.25) is 0 Å². The quantitative estimate of drug-likeness (QED) is 0.701. The summed E-state index contributed by atoms with van der Waals surface area (Å²) in [6.45, 7) is 6.89. The summed E-state index contributed by atoms with van der Waals surface area (Å²) in [5, 5.41) is 11.9. The summed E-state index contributed by atoms with van der Waals surface area (Å²) in [5.41, 5.74) is 2.68. The Kier molecular flexibility index (Phi) is 5.65. The number of rotatable bonds is 6. The molecule has 0 fully saturated rings. The predicted octanol–water partition coefficient (Wildman–Crippen LogP) is 5.62. The molecule has 116 valence electrons. The maximum absolute atomic E-state index is 10.0. The van der Waals surface area contributed by atoms with Gasteiger partial charge in [-0.1, -0.05) is 41.5 Å². The third-order valence-electron chi connectivity index (χ3n) is 3.59. The van der Waals surface area contributed by atoms with Gasteiger partial charge in [-0.15, -0.1) is 0 Å². The number of hydrogen-bond donors (Lipinski definition) is 1. The highest BCUT2D eigenvalue weighted by Crippen LogP contribution is 2.30. The summed E-state index contributed by atoms with van der Waals surface area (Å²) in [5.74, 6) is 0.960. The number of fused-ring (bicyclic) bond motifs is 1. The molecule has 0 aromatic heterocycles. The third-order valence-corrected chi connectivity index (χ3v) is 3.59. The number of hydrogen-bond acceptors (Lipinski definition) is 2. The van der Waals surface area contributed by atoms with Crippen molar-refractivity contribution in [2.45, 2.75) is 33.6 Å². The lowest BCUT2D eigenvalue weighted by atomic mass is 10.1. The van der Waals surface area contributed by atoms with E-state index in [-0.39, 0.29) is 5.75 Å². The van der Waals surface area contributed by atoms with Crippen LogP contribution in [-0.2, 0) is 0 Å². The molecule has 0 aliphatic heterocycles. The highest BCUT2D eigenvalue weighted by atomic mass is 16.5. The van der Waals surface area contributed by atoms with Gasteiger partial charge in [-0.05, 0) is 51.1 Å². The topological polar surface area (TPSA) is 29.5 Å². The maximum atomic E-state index is 10.0. The van der Waals surface area contributed by atoms with Crippen molar-refractivity contribution in [3.8, 4) is 11.5 Å². The van der Waals surface area contributed by atoms with Gasteiger partial charge >= 0.3 is 0 Å². The van der Waals surface area contributed by atoms with Crippen molar-refractivity contribution >= 4 is 10.8 Å². The summed E-state index contributed by atoms with van der Waals surface area (Å²) < 4.78 is 5.74. The van der Waals surface area contributed by atoms with Gasteiger partial charge in [0.15, 0.2) is 0 Å². The zero-order valence-corrected chi connectivity index (χ0v) is 13.6. The van der Waals surface area contributed by atoms with E-state index in [1.807, 2.05) is 30.3 Å². The Bertz CT molecular complexity index is 692. The highest BCUT2D eigenvalue weighted by molar-refractivity contribution is 5.89. The summed E-state index contributed by atoms with van der Waals surface area (Å²) in [4.78, 5) is 0. The summed E-state index contributed by atoms with van der Waals surface area (Å²) in [7, 11) is 0. The molecular formula is C20H24O2. The molecule has 2 rings (SSSR count). The van der Waals surface area contributed by atoms with Gasteiger partial charge in [-0.2, -0.15) is 0 Å². The second-order valence-corrected chi connectivity index (χ2v) is 5.85. The second-order valence-electron chi connectivity index (χ2n) is 5.85. The average molecular weight is 296 g/mol. The van der Waals surface area contributed by atoms with E-state index < -0.39 is 0 Å². The maximum Gasteiger partial charge on any atom is 0.127 e. The summed E-state index contributed by atoms with van der Waals surface area (Å²) in [6, 6.07) is 11.4. The van der Waals surface area contributed by atoms with Crippen LogP contribution in [-0.4, -0.2) is 11.7 Å². The van der Waals surface area contributed by atoms with Crippen LogP contribution in [0.2, 0.25) is 0 Å². The number of allylic oxidation sites excluding steroid dienone is 3. The van der Waals surface area contributed by atoms with Crippen LogP contribution in [0.4, 0.5) is 0 Å². The lowest BCUT2D eigenvalue weighted by molar-refractivity contribution is 0.359. The second kappa shape index (κ2) is 7.69. The SMILES string of the molecule is CC(C)=CCC/C(C)=C/COc1cc(O)c2ccccc2c1. The normalized spacial score (nSPS) is 11.5. The van der Waals surface area contributed by atoms with Crippen molar-refractivity contribution in [2.75, 3.05) is 6.61 Å². The van der Waals surface area contributed by atoms with Gasteiger partial charge in [0.25, 0.3) is 0 Å². The Labute approximate surface area is 132 Å². The Balaban J connectivity index is 1.95. The van der Waals surface area contributed by atoms with Crippen molar-refractivity contribution in [2.24, 2.45) is 0 Å². The molecule has 0 bridgehead atoms. The first-order valence-electron chi connectivity index (χ1n) is 7.70. The molecule has 0 saturated carbocycles. The Morgan fingerprint density at radius 3 is 2.64 bits per heavy atom. The van der Waals surface area contributed by atoms with Crippen molar-refractivity contribution < 1.29 is 9.84 Å². The van der Waals surface area contributed by atoms with E-state index in [1.54, 1.807) is 6.07 Å². The first-order chi connectivity index (χ1) is 10.6. The number of phenols is 1. The highest BCUT2D eigenvalue weighted by Gasteiger charge is 2.02. The number of aromatic hydroxyl groups is 1. The van der Waals surface area contributed by atoms with Crippen molar-refractivity contribution in [1.82, 2.24) is 0 Å². The molecule has 0 saturated heterocycles. The fourth-order valence-corrected chi connectivity index (χ4v) is 2.32. The van der Waals surface area contributed by atoms with E-state index in [9.17, 15) is 5.11 Å². The number of phenolic OH excluding ortho intramolecular Hbond substituents is 1. The standard InChI is InChI=1S/C20H24O2/c1-15(2)7-6-8-16(3)11-12-22-18-13-17-9-4-5-10-19(17)20(21)14-18/h4-5,7,9-11,13-14,21H,6,8,12H2,1-3H3/b16-11+. The summed E-state index contributed by atoms with van der Waals surface area (Å²) in [6.07, 6.45) is 6.48. The lowest BCUT2D eigenvalue weighted by Gasteiger charge is -2.08. The largest absolute Gasteiger partial charge is 0.507 e. The molecule has 0 spiro atoms. The molecule has 0 aliphatic carbocycles. The van der Waals surface area contributed by atoms with Gasteiger partial charge in [0.1, 0.15) is 18.1 Å². The van der Waals surface area contributed by atoms with E-state index in [0.29, 0.717) is 12.4 Å². The van der Waals surface area contributed by atoms with E-state index in [2.05, 4.69) is 32.9 Å². The molecule has 0 unspecified atom stereocenters. The van der Waals surface area contributed by atoms with E-state index in [1.165, 1.54) is 11.1 Å². The summed E-state index contributed by atoms with van der Waals surface area (Å²) >= 11 is 0. The van der Waals surface area contributed by atoms with Gasteiger partial charge < -0.3 is 9.84 Å². The molecule has 0 heterocycles. The first-order valence-corrected chi connectivity index (χ1v) is 7.70. The van der Waals surface area contributed by atoms with Gasteiger partial charge in [-0.25, -0.2) is 0 Å². The van der Waals surface area contributed by atoms with Crippen LogP contribution in [0.5, 0.6) is 11.5 Å². The Morgan fingerprint density at radius 2 is 1.86 bits per heavy atom. The molecule has 2 aromatic carbocycles. The van der Waals surface area contributed by atoms with Gasteiger partial charge in [0.05, 0.1) is 0 Å². The fraction of sp³-hybridized carbons (Fsp3) is 0.300. The van der Waals surface area contributed by atoms with Crippen LogP contribution >= 0.6 is 0 Å².